The lowest BCUT2D eigenvalue weighted by atomic mass is 9.80. The van der Waals surface area contributed by atoms with Crippen LogP contribution in [0, 0.1) is 0 Å². The first-order valence-electron chi connectivity index (χ1n) is 12.5. The number of hydrogen-bond donors (Lipinski definition) is 1. The van der Waals surface area contributed by atoms with Crippen LogP contribution in [0.2, 0.25) is 0 Å². The SMILES string of the molecule is CCC(=O)N(OC(=O)CCCOc1ccc(C(O)(c2ccccc2)c2ccc(N(C)C)cc2)cc1)C(C)=O. The molecule has 0 fully saturated rings. The fraction of sp³-hybridized carbons (Fsp3) is 0.300. The number of imide groups is 1. The predicted molar refractivity (Wildman–Crippen MR) is 144 cm³/mol. The van der Waals surface area contributed by atoms with Gasteiger partial charge in [-0.15, -0.1) is 5.06 Å². The number of benzene rings is 3. The third kappa shape index (κ3) is 6.77. The highest BCUT2D eigenvalue weighted by molar-refractivity contribution is 5.93. The van der Waals surface area contributed by atoms with Crippen LogP contribution in [0.25, 0.3) is 0 Å². The smallest absolute Gasteiger partial charge is 0.333 e. The van der Waals surface area contributed by atoms with Crippen molar-refractivity contribution in [1.82, 2.24) is 5.06 Å². The van der Waals surface area contributed by atoms with Crippen molar-refractivity contribution in [2.45, 2.75) is 38.7 Å². The van der Waals surface area contributed by atoms with Gasteiger partial charge >= 0.3 is 5.97 Å². The van der Waals surface area contributed by atoms with Crippen molar-refractivity contribution in [3.63, 3.8) is 0 Å². The van der Waals surface area contributed by atoms with Crippen molar-refractivity contribution in [3.8, 4) is 5.75 Å². The molecule has 2 amide bonds. The summed E-state index contributed by atoms with van der Waals surface area (Å²) in [4.78, 5) is 42.1. The first-order chi connectivity index (χ1) is 18.2. The van der Waals surface area contributed by atoms with E-state index in [0.29, 0.717) is 22.8 Å². The topological polar surface area (TPSA) is 96.4 Å². The third-order valence-electron chi connectivity index (χ3n) is 6.07. The van der Waals surface area contributed by atoms with Gasteiger partial charge in [-0.2, -0.15) is 0 Å². The molecule has 3 aromatic carbocycles. The van der Waals surface area contributed by atoms with Crippen LogP contribution < -0.4 is 9.64 Å². The summed E-state index contributed by atoms with van der Waals surface area (Å²) in [7, 11) is 3.93. The zero-order valence-electron chi connectivity index (χ0n) is 22.2. The second-order valence-corrected chi connectivity index (χ2v) is 9.02. The number of carbonyl (C=O) groups is 3. The lowest BCUT2D eigenvalue weighted by Crippen LogP contribution is -2.36. The van der Waals surface area contributed by atoms with Crippen LogP contribution in [0.3, 0.4) is 0 Å². The number of amides is 2. The summed E-state index contributed by atoms with van der Waals surface area (Å²) in [6.45, 7) is 2.96. The lowest BCUT2D eigenvalue weighted by Gasteiger charge is -2.30. The van der Waals surface area contributed by atoms with Gasteiger partial charge in [0.05, 0.1) is 13.0 Å². The fourth-order valence-corrected chi connectivity index (χ4v) is 3.96. The van der Waals surface area contributed by atoms with E-state index in [-0.39, 0.29) is 19.4 Å². The lowest BCUT2D eigenvalue weighted by molar-refractivity contribution is -0.201. The summed E-state index contributed by atoms with van der Waals surface area (Å²) in [6.07, 6.45) is 0.362. The average Bonchev–Trinajstić information content (AvgIpc) is 2.94. The van der Waals surface area contributed by atoms with Gasteiger partial charge in [0, 0.05) is 33.1 Å². The summed E-state index contributed by atoms with van der Waals surface area (Å²) in [5.74, 6) is -1.34. The number of carbonyl (C=O) groups excluding carboxylic acids is 3. The highest BCUT2D eigenvalue weighted by Crippen LogP contribution is 2.37. The van der Waals surface area contributed by atoms with Gasteiger partial charge < -0.3 is 19.6 Å². The Morgan fingerprint density at radius 2 is 1.39 bits per heavy atom. The number of anilines is 1. The summed E-state index contributed by atoms with van der Waals surface area (Å²) < 4.78 is 5.76. The standard InChI is InChI=1S/C30H34N2O6/c1-5-28(34)32(22(2)33)38-29(35)12-9-21-37-27-19-15-25(16-20-27)30(36,23-10-7-6-8-11-23)24-13-17-26(18-14-24)31(3)4/h6-8,10-11,13-20,36H,5,9,12,21H2,1-4H3. The number of nitrogens with zero attached hydrogens (tertiary/aromatic N) is 2. The van der Waals surface area contributed by atoms with Crippen molar-refractivity contribution in [1.29, 1.82) is 0 Å². The number of rotatable bonds is 10. The van der Waals surface area contributed by atoms with E-state index in [1.807, 2.05) is 85.7 Å². The third-order valence-corrected chi connectivity index (χ3v) is 6.07. The van der Waals surface area contributed by atoms with Crippen molar-refractivity contribution in [2.24, 2.45) is 0 Å². The van der Waals surface area contributed by atoms with Gasteiger partial charge in [0.2, 0.25) is 0 Å². The summed E-state index contributed by atoms with van der Waals surface area (Å²) in [6, 6.07) is 24.4. The Kier molecular flexibility index (Phi) is 9.62. The molecule has 0 saturated carbocycles. The molecule has 1 atom stereocenters. The van der Waals surface area contributed by atoms with E-state index in [1.165, 1.54) is 0 Å². The Bertz CT molecular complexity index is 1230. The number of ether oxygens (including phenoxy) is 1. The molecule has 0 saturated heterocycles. The van der Waals surface area contributed by atoms with Crippen LogP contribution in [0.4, 0.5) is 5.69 Å². The van der Waals surface area contributed by atoms with E-state index < -0.39 is 23.4 Å². The molecule has 3 rings (SSSR count). The van der Waals surface area contributed by atoms with E-state index in [0.717, 1.165) is 23.7 Å². The zero-order chi connectivity index (χ0) is 27.7. The first-order valence-corrected chi connectivity index (χ1v) is 12.5. The highest BCUT2D eigenvalue weighted by atomic mass is 16.7. The zero-order valence-corrected chi connectivity index (χ0v) is 22.2. The Hall–Kier alpha value is -4.17. The van der Waals surface area contributed by atoms with E-state index in [2.05, 4.69) is 0 Å². The molecule has 0 aromatic heterocycles. The first kappa shape index (κ1) is 28.4. The fourth-order valence-electron chi connectivity index (χ4n) is 3.96. The molecular formula is C30H34N2O6. The van der Waals surface area contributed by atoms with Crippen molar-refractivity contribution >= 4 is 23.5 Å². The molecule has 1 N–H and O–H groups in total. The second-order valence-electron chi connectivity index (χ2n) is 9.02. The molecule has 0 heterocycles. The van der Waals surface area contributed by atoms with Gasteiger partial charge in [-0.05, 0) is 47.4 Å². The monoisotopic (exact) mass is 518 g/mol. The second kappa shape index (κ2) is 12.9. The maximum atomic E-state index is 12.0. The molecule has 0 aliphatic carbocycles. The Morgan fingerprint density at radius 3 is 1.92 bits per heavy atom. The Labute approximate surface area is 223 Å². The maximum Gasteiger partial charge on any atom is 0.333 e. The van der Waals surface area contributed by atoms with Crippen LogP contribution in [-0.2, 0) is 24.8 Å². The van der Waals surface area contributed by atoms with Crippen LogP contribution in [-0.4, -0.2) is 48.7 Å². The molecule has 0 bridgehead atoms. The molecule has 0 radical (unpaired) electrons. The Balaban J connectivity index is 1.67. The minimum Gasteiger partial charge on any atom is -0.494 e. The van der Waals surface area contributed by atoms with Crippen LogP contribution >= 0.6 is 0 Å². The van der Waals surface area contributed by atoms with Gasteiger partial charge in [0.1, 0.15) is 11.4 Å². The van der Waals surface area contributed by atoms with Crippen molar-refractivity contribution in [3.05, 3.63) is 95.6 Å². The van der Waals surface area contributed by atoms with E-state index in [9.17, 15) is 19.5 Å². The molecule has 0 aliphatic heterocycles. The largest absolute Gasteiger partial charge is 0.494 e. The van der Waals surface area contributed by atoms with Crippen molar-refractivity contribution < 1.29 is 29.1 Å². The average molecular weight is 519 g/mol. The van der Waals surface area contributed by atoms with E-state index in [1.54, 1.807) is 19.1 Å². The summed E-state index contributed by atoms with van der Waals surface area (Å²) in [5.41, 5.74) is 1.82. The van der Waals surface area contributed by atoms with Gasteiger partial charge in [-0.1, -0.05) is 61.5 Å². The van der Waals surface area contributed by atoms with Gasteiger partial charge in [0.15, 0.2) is 0 Å². The molecule has 8 heteroatoms. The van der Waals surface area contributed by atoms with Gasteiger partial charge in [0.25, 0.3) is 11.8 Å². The molecule has 0 aliphatic rings. The molecule has 0 spiro atoms. The van der Waals surface area contributed by atoms with E-state index in [4.69, 9.17) is 9.57 Å². The minimum absolute atomic E-state index is 0.0183. The normalized spacial score (nSPS) is 12.2. The quantitative estimate of drug-likeness (QED) is 0.241. The molecule has 1 unspecified atom stereocenters. The molecule has 3 aromatic rings. The molecular weight excluding hydrogens is 484 g/mol. The molecule has 8 nitrogen and oxygen atoms in total. The summed E-state index contributed by atoms with van der Waals surface area (Å²) in [5, 5.41) is 12.5. The van der Waals surface area contributed by atoms with Crippen LogP contribution in [0.1, 0.15) is 49.8 Å². The Morgan fingerprint density at radius 1 is 0.842 bits per heavy atom. The maximum absolute atomic E-state index is 12.0. The highest BCUT2D eigenvalue weighted by Gasteiger charge is 2.33. The molecule has 38 heavy (non-hydrogen) atoms. The van der Waals surface area contributed by atoms with E-state index >= 15 is 0 Å². The van der Waals surface area contributed by atoms with Crippen molar-refractivity contribution in [2.75, 3.05) is 25.6 Å². The number of hydrogen-bond acceptors (Lipinski definition) is 7. The number of hydroxylamine groups is 2. The predicted octanol–water partition coefficient (Wildman–Crippen LogP) is 4.44. The summed E-state index contributed by atoms with van der Waals surface area (Å²) >= 11 is 0. The van der Waals surface area contributed by atoms with Gasteiger partial charge in [-0.3, -0.25) is 9.59 Å². The minimum atomic E-state index is -1.37. The van der Waals surface area contributed by atoms with Crippen LogP contribution in [0.15, 0.2) is 78.9 Å². The van der Waals surface area contributed by atoms with Crippen LogP contribution in [0.5, 0.6) is 5.75 Å². The van der Waals surface area contributed by atoms with Gasteiger partial charge in [-0.25, -0.2) is 4.79 Å². The number of aliphatic hydroxyl groups is 1. The molecule has 200 valence electrons.